The molecule has 3 nitrogen and oxygen atoms in total. The maximum Gasteiger partial charge on any atom is 0.124 e. The number of thiazole rings is 1. The number of nitrogens with zero attached hydrogens (tertiary/aromatic N) is 3. The Morgan fingerprint density at radius 2 is 1.78 bits per heavy atom. The monoisotopic (exact) mass is 345 g/mol. The fraction of sp³-hybridized carbons (Fsp3) is 0.235. The zero-order valence-electron chi connectivity index (χ0n) is 13.1. The summed E-state index contributed by atoms with van der Waals surface area (Å²) in [6, 6.07) is 10.3. The van der Waals surface area contributed by atoms with Gasteiger partial charge in [0, 0.05) is 10.8 Å². The lowest BCUT2D eigenvalue weighted by molar-refractivity contribution is 0.628. The largest absolute Gasteiger partial charge is 0.241 e. The van der Waals surface area contributed by atoms with Crippen LogP contribution in [0.4, 0.5) is 4.39 Å². The van der Waals surface area contributed by atoms with Crippen LogP contribution < -0.4 is 0 Å². The van der Waals surface area contributed by atoms with E-state index in [4.69, 9.17) is 0 Å². The predicted octanol–water partition coefficient (Wildman–Crippen LogP) is 5.22. The van der Waals surface area contributed by atoms with E-state index in [1.165, 1.54) is 12.1 Å². The average molecular weight is 345 g/mol. The Morgan fingerprint density at radius 3 is 2.39 bits per heavy atom. The Morgan fingerprint density at radius 1 is 1.04 bits per heavy atom. The van der Waals surface area contributed by atoms with Crippen molar-refractivity contribution in [1.29, 1.82) is 0 Å². The number of thioether (sulfide) groups is 1. The highest BCUT2D eigenvalue weighted by Gasteiger charge is 2.13. The minimum atomic E-state index is -0.244. The molecule has 0 amide bonds. The molecule has 0 aliphatic carbocycles. The summed E-state index contributed by atoms with van der Waals surface area (Å²) in [7, 11) is 0. The molecule has 3 rings (SSSR count). The van der Waals surface area contributed by atoms with Crippen LogP contribution in [0.2, 0.25) is 0 Å². The first-order chi connectivity index (χ1) is 11.0. The third-order valence-corrected chi connectivity index (χ3v) is 5.28. The predicted molar refractivity (Wildman–Crippen MR) is 94.3 cm³/mol. The highest BCUT2D eigenvalue weighted by atomic mass is 32.2. The molecular weight excluding hydrogens is 329 g/mol. The fourth-order valence-corrected chi connectivity index (χ4v) is 3.85. The maximum absolute atomic E-state index is 13.0. The van der Waals surface area contributed by atoms with E-state index >= 15 is 0 Å². The lowest BCUT2D eigenvalue weighted by Gasteiger charge is -2.03. The smallest absolute Gasteiger partial charge is 0.124 e. The van der Waals surface area contributed by atoms with Gasteiger partial charge in [0.1, 0.15) is 21.5 Å². The van der Waals surface area contributed by atoms with E-state index in [1.54, 1.807) is 35.2 Å². The van der Waals surface area contributed by atoms with Crippen LogP contribution in [0.5, 0.6) is 0 Å². The topological polar surface area (TPSA) is 38.7 Å². The molecule has 2 aromatic heterocycles. The summed E-state index contributed by atoms with van der Waals surface area (Å²) in [5.41, 5.74) is 2.64. The van der Waals surface area contributed by atoms with Gasteiger partial charge in [-0.1, -0.05) is 13.8 Å². The molecule has 2 heterocycles. The highest BCUT2D eigenvalue weighted by molar-refractivity contribution is 7.99. The second kappa shape index (κ2) is 6.76. The first kappa shape index (κ1) is 16.1. The highest BCUT2D eigenvalue weighted by Crippen LogP contribution is 2.34. The van der Waals surface area contributed by atoms with Crippen LogP contribution in [0.1, 0.15) is 19.5 Å². The van der Waals surface area contributed by atoms with Crippen molar-refractivity contribution in [3.63, 3.8) is 0 Å². The van der Waals surface area contributed by atoms with Gasteiger partial charge in [-0.05, 0) is 43.3 Å². The van der Waals surface area contributed by atoms with Gasteiger partial charge in [0.2, 0.25) is 0 Å². The number of halogens is 1. The first-order valence-corrected chi connectivity index (χ1v) is 8.96. The zero-order valence-corrected chi connectivity index (χ0v) is 14.7. The summed E-state index contributed by atoms with van der Waals surface area (Å²) in [6.07, 6.45) is 0. The van der Waals surface area contributed by atoms with E-state index in [1.807, 2.05) is 19.1 Å². The van der Waals surface area contributed by atoms with Crippen LogP contribution in [0.15, 0.2) is 41.4 Å². The molecule has 0 spiro atoms. The van der Waals surface area contributed by atoms with Gasteiger partial charge in [-0.25, -0.2) is 9.37 Å². The molecule has 0 radical (unpaired) electrons. The van der Waals surface area contributed by atoms with Crippen molar-refractivity contribution in [2.24, 2.45) is 0 Å². The molecule has 0 fully saturated rings. The van der Waals surface area contributed by atoms with Crippen LogP contribution in [0.3, 0.4) is 0 Å². The molecule has 0 aliphatic heterocycles. The molecule has 0 saturated carbocycles. The maximum atomic E-state index is 13.0. The lowest BCUT2D eigenvalue weighted by Crippen LogP contribution is -1.92. The van der Waals surface area contributed by atoms with E-state index in [0.29, 0.717) is 5.25 Å². The summed E-state index contributed by atoms with van der Waals surface area (Å²) in [4.78, 5) is 5.58. The molecule has 118 valence electrons. The number of hydrogen-bond acceptors (Lipinski definition) is 5. The van der Waals surface area contributed by atoms with E-state index in [-0.39, 0.29) is 5.82 Å². The summed E-state index contributed by atoms with van der Waals surface area (Å²) < 4.78 is 13.0. The van der Waals surface area contributed by atoms with Crippen LogP contribution in [0.25, 0.3) is 21.1 Å². The van der Waals surface area contributed by atoms with Gasteiger partial charge >= 0.3 is 0 Å². The molecule has 0 N–H and O–H groups in total. The van der Waals surface area contributed by atoms with Gasteiger partial charge in [-0.3, -0.25) is 0 Å². The average Bonchev–Trinajstić information content (AvgIpc) is 2.90. The van der Waals surface area contributed by atoms with E-state index in [9.17, 15) is 4.39 Å². The van der Waals surface area contributed by atoms with Crippen molar-refractivity contribution in [3.8, 4) is 21.1 Å². The third kappa shape index (κ3) is 3.76. The van der Waals surface area contributed by atoms with Gasteiger partial charge in [-0.15, -0.1) is 33.3 Å². The first-order valence-electron chi connectivity index (χ1n) is 7.27. The molecule has 0 unspecified atom stereocenters. The van der Waals surface area contributed by atoms with Gasteiger partial charge in [0.25, 0.3) is 0 Å². The quantitative estimate of drug-likeness (QED) is 0.608. The van der Waals surface area contributed by atoms with E-state index in [0.717, 1.165) is 31.9 Å². The number of aryl methyl sites for hydroxylation is 1. The molecule has 0 bridgehead atoms. The van der Waals surface area contributed by atoms with Crippen LogP contribution >= 0.6 is 23.1 Å². The lowest BCUT2D eigenvalue weighted by atomic mass is 10.2. The van der Waals surface area contributed by atoms with Crippen LogP contribution in [-0.4, -0.2) is 20.4 Å². The van der Waals surface area contributed by atoms with Crippen molar-refractivity contribution < 1.29 is 4.39 Å². The second-order valence-electron chi connectivity index (χ2n) is 5.36. The number of rotatable bonds is 4. The van der Waals surface area contributed by atoms with Gasteiger partial charge in [0.05, 0.1) is 10.6 Å². The minimum Gasteiger partial charge on any atom is -0.241 e. The molecule has 0 aliphatic rings. The van der Waals surface area contributed by atoms with E-state index < -0.39 is 0 Å². The van der Waals surface area contributed by atoms with Crippen molar-refractivity contribution >= 4 is 23.1 Å². The summed E-state index contributed by atoms with van der Waals surface area (Å²) in [5.74, 6) is -0.244. The normalized spacial score (nSPS) is 11.2. The summed E-state index contributed by atoms with van der Waals surface area (Å²) >= 11 is 3.24. The Hall–Kier alpha value is -1.79. The molecule has 0 saturated heterocycles. The van der Waals surface area contributed by atoms with Crippen molar-refractivity contribution in [2.45, 2.75) is 31.0 Å². The SMILES string of the molecule is Cc1nc(-c2ccc(F)cc2)sc1-c1ccc(SC(C)C)nn1. The van der Waals surface area contributed by atoms with Gasteiger partial charge < -0.3 is 0 Å². The Balaban J connectivity index is 1.90. The molecule has 3 aromatic rings. The Kier molecular flexibility index (Phi) is 4.73. The molecule has 0 atom stereocenters. The zero-order chi connectivity index (χ0) is 16.4. The number of benzene rings is 1. The Labute approximate surface area is 143 Å². The van der Waals surface area contributed by atoms with E-state index in [2.05, 4.69) is 29.0 Å². The molecular formula is C17H16FN3S2. The van der Waals surface area contributed by atoms with Crippen LogP contribution in [-0.2, 0) is 0 Å². The Bertz CT molecular complexity index is 796. The fourth-order valence-electron chi connectivity index (χ4n) is 2.10. The van der Waals surface area contributed by atoms with Crippen molar-refractivity contribution in [3.05, 3.63) is 47.9 Å². The van der Waals surface area contributed by atoms with Crippen molar-refractivity contribution in [1.82, 2.24) is 15.2 Å². The summed E-state index contributed by atoms with van der Waals surface area (Å²) in [6.45, 7) is 6.21. The molecule has 1 aromatic carbocycles. The molecule has 23 heavy (non-hydrogen) atoms. The van der Waals surface area contributed by atoms with Crippen LogP contribution in [0, 0.1) is 12.7 Å². The molecule has 6 heteroatoms. The minimum absolute atomic E-state index is 0.244. The summed E-state index contributed by atoms with van der Waals surface area (Å²) in [5, 5.41) is 10.9. The van der Waals surface area contributed by atoms with Crippen molar-refractivity contribution in [2.75, 3.05) is 0 Å². The third-order valence-electron chi connectivity index (χ3n) is 3.12. The standard InChI is InChI=1S/C17H16FN3S2/c1-10(2)22-15-9-8-14(20-21-15)16-11(3)19-17(23-16)12-4-6-13(18)7-5-12/h4-10H,1-3H3. The van der Waals surface area contributed by atoms with Gasteiger partial charge in [-0.2, -0.15) is 0 Å². The number of hydrogen-bond donors (Lipinski definition) is 0. The number of aromatic nitrogens is 3. The van der Waals surface area contributed by atoms with Gasteiger partial charge in [0.15, 0.2) is 0 Å². The second-order valence-corrected chi connectivity index (χ2v) is 7.96.